The number of hydrogen-bond acceptors (Lipinski definition) is 2. The van der Waals surface area contributed by atoms with Gasteiger partial charge in [-0.3, -0.25) is 0 Å². The van der Waals surface area contributed by atoms with Crippen LogP contribution >= 0.6 is 0 Å². The summed E-state index contributed by atoms with van der Waals surface area (Å²) in [5, 5.41) is 8.73. The highest BCUT2D eigenvalue weighted by Crippen LogP contribution is 2.29. The number of aryl methyl sites for hydroxylation is 1. The molecular formula is C16H23NO. The van der Waals surface area contributed by atoms with Gasteiger partial charge in [0, 0.05) is 0 Å². The number of nitriles is 1. The fraction of sp³-hybridized carbons (Fsp3) is 0.562. The van der Waals surface area contributed by atoms with E-state index in [1.807, 2.05) is 6.07 Å². The van der Waals surface area contributed by atoms with E-state index < -0.39 is 0 Å². The summed E-state index contributed by atoms with van der Waals surface area (Å²) in [5.41, 5.74) is 4.08. The third-order valence-corrected chi connectivity index (χ3v) is 3.16. The molecule has 0 bridgehead atoms. The van der Waals surface area contributed by atoms with Crippen molar-refractivity contribution >= 4 is 0 Å². The van der Waals surface area contributed by atoms with Gasteiger partial charge >= 0.3 is 0 Å². The average Bonchev–Trinajstić information content (AvgIpc) is 2.37. The van der Waals surface area contributed by atoms with E-state index >= 15 is 0 Å². The Morgan fingerprint density at radius 3 is 2.11 bits per heavy atom. The molecule has 2 heteroatoms. The van der Waals surface area contributed by atoms with Crippen molar-refractivity contribution in [3.05, 3.63) is 28.8 Å². The van der Waals surface area contributed by atoms with Crippen LogP contribution in [0, 0.1) is 11.5 Å². The summed E-state index contributed by atoms with van der Waals surface area (Å²) in [6, 6.07) is 4.08. The van der Waals surface area contributed by atoms with Crippen LogP contribution in [0.2, 0.25) is 0 Å². The van der Waals surface area contributed by atoms with Crippen molar-refractivity contribution in [2.75, 3.05) is 0 Å². The Balaban J connectivity index is 3.24. The predicted molar refractivity (Wildman–Crippen MR) is 74.7 cm³/mol. The molecule has 0 aromatic heterocycles. The first-order chi connectivity index (χ1) is 8.78. The molecule has 0 amide bonds. The van der Waals surface area contributed by atoms with Crippen LogP contribution < -0.4 is 4.74 Å². The molecule has 0 heterocycles. The lowest BCUT2D eigenvalue weighted by molar-refractivity contribution is 0.497. The Bertz CT molecular complexity index is 418. The van der Waals surface area contributed by atoms with Gasteiger partial charge in [0.2, 0.25) is 0 Å². The van der Waals surface area contributed by atoms with Crippen molar-refractivity contribution in [1.82, 2.24) is 0 Å². The van der Waals surface area contributed by atoms with Crippen molar-refractivity contribution in [2.45, 2.75) is 59.3 Å². The Kier molecular flexibility index (Phi) is 6.28. The molecule has 0 spiro atoms. The first-order valence-corrected chi connectivity index (χ1v) is 6.97. The van der Waals surface area contributed by atoms with Gasteiger partial charge < -0.3 is 4.74 Å². The molecule has 0 saturated heterocycles. The summed E-state index contributed by atoms with van der Waals surface area (Å²) in [4.78, 5) is 0. The summed E-state index contributed by atoms with van der Waals surface area (Å²) in [5.74, 6) is 0.752. The third kappa shape index (κ3) is 3.50. The molecule has 2 nitrogen and oxygen atoms in total. The second-order valence-corrected chi connectivity index (χ2v) is 4.62. The van der Waals surface area contributed by atoms with Gasteiger partial charge in [0.05, 0.1) is 0 Å². The number of nitrogens with zero attached hydrogens (tertiary/aromatic N) is 1. The second kappa shape index (κ2) is 7.76. The molecule has 1 aromatic carbocycles. The van der Waals surface area contributed by atoms with Crippen molar-refractivity contribution in [3.8, 4) is 12.0 Å². The first-order valence-electron chi connectivity index (χ1n) is 6.97. The number of hydrogen-bond donors (Lipinski definition) is 0. The lowest BCUT2D eigenvalue weighted by atomic mass is 9.91. The van der Waals surface area contributed by atoms with Gasteiger partial charge in [-0.2, -0.15) is 0 Å². The average molecular weight is 245 g/mol. The zero-order chi connectivity index (χ0) is 13.4. The minimum atomic E-state index is 0.752. The zero-order valence-corrected chi connectivity index (χ0v) is 11.8. The van der Waals surface area contributed by atoms with E-state index in [2.05, 4.69) is 26.8 Å². The Hall–Kier alpha value is -1.49. The van der Waals surface area contributed by atoms with E-state index in [1.54, 1.807) is 6.26 Å². The molecule has 0 N–H and O–H groups in total. The summed E-state index contributed by atoms with van der Waals surface area (Å²) in [6.45, 7) is 6.57. The molecule has 0 saturated carbocycles. The highest BCUT2D eigenvalue weighted by atomic mass is 16.5. The summed E-state index contributed by atoms with van der Waals surface area (Å²) in [6.07, 6.45) is 8.34. The van der Waals surface area contributed by atoms with E-state index in [4.69, 9.17) is 10.00 Å². The molecule has 0 aliphatic rings. The van der Waals surface area contributed by atoms with E-state index in [0.29, 0.717) is 0 Å². The third-order valence-electron chi connectivity index (χ3n) is 3.16. The molecule has 18 heavy (non-hydrogen) atoms. The van der Waals surface area contributed by atoms with Crippen molar-refractivity contribution in [2.24, 2.45) is 0 Å². The zero-order valence-electron chi connectivity index (χ0n) is 11.8. The van der Waals surface area contributed by atoms with Crippen LogP contribution in [0.5, 0.6) is 5.75 Å². The second-order valence-electron chi connectivity index (χ2n) is 4.62. The summed E-state index contributed by atoms with van der Waals surface area (Å²) in [7, 11) is 0. The molecule has 1 rings (SSSR count). The smallest absolute Gasteiger partial charge is 0.292 e. The molecule has 0 aliphatic carbocycles. The standard InChI is InChI=1S/C16H23NO/c1-4-7-13-10-11-16(18-12-17)15(9-6-3)14(13)8-5-2/h10-11H,4-9H2,1-3H3. The van der Waals surface area contributed by atoms with Gasteiger partial charge in [-0.05, 0) is 42.0 Å². The lowest BCUT2D eigenvalue weighted by Crippen LogP contribution is -2.03. The molecule has 0 unspecified atom stereocenters. The van der Waals surface area contributed by atoms with Gasteiger partial charge in [-0.15, -0.1) is 5.26 Å². The van der Waals surface area contributed by atoms with Crippen LogP contribution in [0.1, 0.15) is 56.7 Å². The van der Waals surface area contributed by atoms with Gasteiger partial charge in [-0.1, -0.05) is 46.1 Å². The molecule has 98 valence electrons. The van der Waals surface area contributed by atoms with Crippen LogP contribution in [-0.4, -0.2) is 0 Å². The highest BCUT2D eigenvalue weighted by Gasteiger charge is 2.13. The maximum absolute atomic E-state index is 8.73. The molecule has 0 fully saturated rings. The van der Waals surface area contributed by atoms with Crippen LogP contribution in [0.25, 0.3) is 0 Å². The molecule has 0 radical (unpaired) electrons. The van der Waals surface area contributed by atoms with Crippen LogP contribution in [0.3, 0.4) is 0 Å². The van der Waals surface area contributed by atoms with Gasteiger partial charge in [-0.25, -0.2) is 0 Å². The van der Waals surface area contributed by atoms with Gasteiger partial charge in [0.15, 0.2) is 0 Å². The summed E-state index contributed by atoms with van der Waals surface area (Å²) < 4.78 is 5.12. The predicted octanol–water partition coefficient (Wildman–Crippen LogP) is 4.40. The molecule has 0 aliphatic heterocycles. The molecule has 1 aromatic rings. The quantitative estimate of drug-likeness (QED) is 0.667. The Morgan fingerprint density at radius 1 is 0.944 bits per heavy atom. The van der Waals surface area contributed by atoms with Crippen LogP contribution in [0.4, 0.5) is 0 Å². The topological polar surface area (TPSA) is 33.0 Å². The molecular weight excluding hydrogens is 222 g/mol. The largest absolute Gasteiger partial charge is 0.388 e. The summed E-state index contributed by atoms with van der Waals surface area (Å²) >= 11 is 0. The minimum Gasteiger partial charge on any atom is -0.388 e. The van der Waals surface area contributed by atoms with E-state index in [-0.39, 0.29) is 0 Å². The minimum absolute atomic E-state index is 0.752. The van der Waals surface area contributed by atoms with Crippen molar-refractivity contribution in [1.29, 1.82) is 5.26 Å². The van der Waals surface area contributed by atoms with Crippen molar-refractivity contribution in [3.63, 3.8) is 0 Å². The highest BCUT2D eigenvalue weighted by molar-refractivity contribution is 5.46. The fourth-order valence-corrected chi connectivity index (χ4v) is 2.45. The van der Waals surface area contributed by atoms with E-state index in [9.17, 15) is 0 Å². The Labute approximate surface area is 111 Å². The number of ether oxygens (including phenoxy) is 1. The van der Waals surface area contributed by atoms with Crippen molar-refractivity contribution < 1.29 is 4.74 Å². The van der Waals surface area contributed by atoms with Crippen LogP contribution in [0.15, 0.2) is 12.1 Å². The monoisotopic (exact) mass is 245 g/mol. The fourth-order valence-electron chi connectivity index (χ4n) is 2.45. The van der Waals surface area contributed by atoms with Gasteiger partial charge in [0.25, 0.3) is 6.26 Å². The molecule has 0 atom stereocenters. The maximum atomic E-state index is 8.73. The normalized spacial score (nSPS) is 10.1. The lowest BCUT2D eigenvalue weighted by Gasteiger charge is -2.16. The van der Waals surface area contributed by atoms with Crippen LogP contribution in [-0.2, 0) is 19.3 Å². The van der Waals surface area contributed by atoms with E-state index in [1.165, 1.54) is 16.7 Å². The Morgan fingerprint density at radius 2 is 1.56 bits per heavy atom. The number of rotatable bonds is 7. The van der Waals surface area contributed by atoms with Gasteiger partial charge in [0.1, 0.15) is 5.75 Å². The number of benzene rings is 1. The van der Waals surface area contributed by atoms with E-state index in [0.717, 1.165) is 44.3 Å². The maximum Gasteiger partial charge on any atom is 0.292 e. The SMILES string of the molecule is CCCc1ccc(OC#N)c(CCC)c1CCC. The first kappa shape index (κ1) is 14.6.